The summed E-state index contributed by atoms with van der Waals surface area (Å²) in [5.41, 5.74) is 9.81. The fraction of sp³-hybridized carbons (Fsp3) is 0.320. The first-order valence-corrected chi connectivity index (χ1v) is 12.2. The standard InChI is InChI=1S/C25H25N5O2S/c26-25-24-19(9-22(32-24)21-14-33-23-12-27-6-5-18(21)23)20(11-28-25)16-10-29-30(13-16)17-4-3-15(8-17)2-1-7-31/h5-6,9-15,17,31H,1-4,7-8H2,(H2,26,28). The van der Waals surface area contributed by atoms with Crippen LogP contribution in [0.3, 0.4) is 0 Å². The van der Waals surface area contributed by atoms with Gasteiger partial charge in [0, 0.05) is 64.2 Å². The molecule has 33 heavy (non-hydrogen) atoms. The highest BCUT2D eigenvalue weighted by atomic mass is 32.1. The van der Waals surface area contributed by atoms with Gasteiger partial charge in [-0.05, 0) is 50.2 Å². The van der Waals surface area contributed by atoms with Crippen LogP contribution in [0.4, 0.5) is 5.82 Å². The summed E-state index contributed by atoms with van der Waals surface area (Å²) in [5.74, 6) is 1.83. The molecule has 5 heterocycles. The third-order valence-corrected chi connectivity index (χ3v) is 7.73. The van der Waals surface area contributed by atoms with Crippen molar-refractivity contribution in [3.05, 3.63) is 48.5 Å². The first kappa shape index (κ1) is 20.4. The Morgan fingerprint density at radius 2 is 2.12 bits per heavy atom. The third-order valence-electron chi connectivity index (χ3n) is 6.80. The van der Waals surface area contributed by atoms with Gasteiger partial charge in [0.25, 0.3) is 0 Å². The van der Waals surface area contributed by atoms with Crippen LogP contribution in [-0.4, -0.2) is 31.5 Å². The summed E-state index contributed by atoms with van der Waals surface area (Å²) in [4.78, 5) is 8.62. The van der Waals surface area contributed by atoms with E-state index in [1.54, 1.807) is 17.5 Å². The first-order valence-electron chi connectivity index (χ1n) is 11.4. The molecule has 0 radical (unpaired) electrons. The second kappa shape index (κ2) is 8.28. The largest absolute Gasteiger partial charge is 0.452 e. The molecule has 0 aliphatic heterocycles. The van der Waals surface area contributed by atoms with E-state index < -0.39 is 0 Å². The summed E-state index contributed by atoms with van der Waals surface area (Å²) in [7, 11) is 0. The smallest absolute Gasteiger partial charge is 0.177 e. The fourth-order valence-corrected chi connectivity index (χ4v) is 6.00. The average Bonchev–Trinajstić information content (AvgIpc) is 3.62. The molecule has 1 fully saturated rings. The van der Waals surface area contributed by atoms with Crippen molar-refractivity contribution in [1.82, 2.24) is 19.7 Å². The van der Waals surface area contributed by atoms with E-state index >= 15 is 0 Å². The van der Waals surface area contributed by atoms with Crippen molar-refractivity contribution >= 4 is 38.2 Å². The molecule has 2 atom stereocenters. The van der Waals surface area contributed by atoms with Crippen LogP contribution >= 0.6 is 11.3 Å². The molecule has 0 aromatic carbocycles. The zero-order valence-electron chi connectivity index (χ0n) is 18.1. The van der Waals surface area contributed by atoms with Crippen LogP contribution in [0.5, 0.6) is 0 Å². The number of nitrogen functional groups attached to an aromatic ring is 1. The van der Waals surface area contributed by atoms with Crippen LogP contribution in [0.15, 0.2) is 52.9 Å². The Hall–Kier alpha value is -3.23. The number of rotatable bonds is 6. The van der Waals surface area contributed by atoms with Crippen LogP contribution in [0, 0.1) is 5.92 Å². The van der Waals surface area contributed by atoms with Crippen LogP contribution in [-0.2, 0) is 0 Å². The van der Waals surface area contributed by atoms with E-state index in [0.29, 0.717) is 23.4 Å². The number of hydrogen-bond donors (Lipinski definition) is 2. The van der Waals surface area contributed by atoms with E-state index in [1.165, 1.54) is 6.42 Å². The zero-order valence-corrected chi connectivity index (χ0v) is 19.0. The van der Waals surface area contributed by atoms with Gasteiger partial charge in [-0.3, -0.25) is 9.67 Å². The molecule has 7 nitrogen and oxygen atoms in total. The lowest BCUT2D eigenvalue weighted by Crippen LogP contribution is -2.06. The van der Waals surface area contributed by atoms with Crippen LogP contribution in [0.1, 0.15) is 38.1 Å². The molecule has 1 saturated carbocycles. The molecular weight excluding hydrogens is 434 g/mol. The minimum absolute atomic E-state index is 0.276. The Morgan fingerprint density at radius 3 is 3.03 bits per heavy atom. The van der Waals surface area contributed by atoms with Crippen LogP contribution in [0.25, 0.3) is 43.5 Å². The topological polar surface area (TPSA) is 103 Å². The zero-order chi connectivity index (χ0) is 22.4. The number of aliphatic hydroxyl groups excluding tert-OH is 1. The number of fused-ring (bicyclic) bond motifs is 2. The fourth-order valence-electron chi connectivity index (χ4n) is 5.09. The van der Waals surface area contributed by atoms with Crippen molar-refractivity contribution in [3.63, 3.8) is 0 Å². The molecule has 1 aliphatic rings. The predicted molar refractivity (Wildman–Crippen MR) is 131 cm³/mol. The number of nitrogens with two attached hydrogens (primary N) is 1. The van der Waals surface area contributed by atoms with E-state index in [9.17, 15) is 0 Å². The molecule has 0 amide bonds. The minimum Gasteiger partial charge on any atom is -0.452 e. The van der Waals surface area contributed by atoms with Gasteiger partial charge >= 0.3 is 0 Å². The summed E-state index contributed by atoms with van der Waals surface area (Å²) < 4.78 is 9.44. The highest BCUT2D eigenvalue weighted by Crippen LogP contribution is 2.41. The molecule has 1 aliphatic carbocycles. The van der Waals surface area contributed by atoms with Gasteiger partial charge in [-0.15, -0.1) is 11.3 Å². The second-order valence-electron chi connectivity index (χ2n) is 8.84. The summed E-state index contributed by atoms with van der Waals surface area (Å²) in [6.07, 6.45) is 14.9. The number of nitrogens with zero attached hydrogens (tertiary/aromatic N) is 4. The van der Waals surface area contributed by atoms with Gasteiger partial charge in [-0.25, -0.2) is 4.98 Å². The molecule has 5 aromatic heterocycles. The van der Waals surface area contributed by atoms with Gasteiger partial charge < -0.3 is 15.3 Å². The van der Waals surface area contributed by atoms with Crippen molar-refractivity contribution < 1.29 is 9.52 Å². The Bertz CT molecular complexity index is 1440. The number of hydrogen-bond acceptors (Lipinski definition) is 7. The van der Waals surface area contributed by atoms with Gasteiger partial charge in [0.05, 0.1) is 16.9 Å². The molecule has 2 unspecified atom stereocenters. The average molecular weight is 460 g/mol. The molecule has 0 spiro atoms. The lowest BCUT2D eigenvalue weighted by molar-refractivity contribution is 0.270. The van der Waals surface area contributed by atoms with Crippen molar-refractivity contribution in [2.24, 2.45) is 5.92 Å². The molecule has 3 N–H and O–H groups in total. The number of aromatic nitrogens is 4. The lowest BCUT2D eigenvalue weighted by Gasteiger charge is -2.11. The van der Waals surface area contributed by atoms with Gasteiger partial charge in [0.15, 0.2) is 11.4 Å². The number of pyridine rings is 2. The molecular formula is C25H25N5O2S. The normalized spacial score (nSPS) is 18.6. The van der Waals surface area contributed by atoms with Gasteiger partial charge in [0.2, 0.25) is 0 Å². The summed E-state index contributed by atoms with van der Waals surface area (Å²) in [6.45, 7) is 0.276. The number of thiophene rings is 1. The third kappa shape index (κ3) is 3.59. The van der Waals surface area contributed by atoms with Crippen LogP contribution < -0.4 is 5.73 Å². The first-order chi connectivity index (χ1) is 16.2. The summed E-state index contributed by atoms with van der Waals surface area (Å²) in [6, 6.07) is 4.48. The van der Waals surface area contributed by atoms with Crippen molar-refractivity contribution in [3.8, 4) is 22.5 Å². The van der Waals surface area contributed by atoms with Crippen molar-refractivity contribution in [2.45, 2.75) is 38.1 Å². The predicted octanol–water partition coefficient (Wildman–Crippen LogP) is 5.66. The Balaban J connectivity index is 1.35. The molecule has 8 heteroatoms. The Labute approximate surface area is 194 Å². The quantitative estimate of drug-likeness (QED) is 0.339. The molecule has 5 aromatic rings. The molecule has 6 rings (SSSR count). The molecule has 0 bridgehead atoms. The van der Waals surface area contributed by atoms with Crippen molar-refractivity contribution in [2.75, 3.05) is 12.3 Å². The highest BCUT2D eigenvalue weighted by Gasteiger charge is 2.26. The van der Waals surface area contributed by atoms with Gasteiger partial charge in [-0.1, -0.05) is 0 Å². The number of aliphatic hydroxyl groups is 1. The molecule has 0 saturated heterocycles. The summed E-state index contributed by atoms with van der Waals surface area (Å²) >= 11 is 1.65. The monoisotopic (exact) mass is 459 g/mol. The van der Waals surface area contributed by atoms with Crippen molar-refractivity contribution in [1.29, 1.82) is 0 Å². The molecule has 168 valence electrons. The summed E-state index contributed by atoms with van der Waals surface area (Å²) in [5, 5.41) is 18.0. The minimum atomic E-state index is 0.276. The van der Waals surface area contributed by atoms with Gasteiger partial charge in [0.1, 0.15) is 5.76 Å². The highest BCUT2D eigenvalue weighted by molar-refractivity contribution is 7.17. The SMILES string of the molecule is Nc1ncc(-c2cnn(C3CCC(CCCO)C3)c2)c2cc(-c3csc4cnccc34)oc12. The van der Waals surface area contributed by atoms with E-state index in [1.807, 2.05) is 24.7 Å². The Kier molecular flexibility index (Phi) is 5.11. The number of anilines is 1. The van der Waals surface area contributed by atoms with E-state index in [0.717, 1.165) is 63.6 Å². The number of furan rings is 1. The Morgan fingerprint density at radius 1 is 1.18 bits per heavy atom. The van der Waals surface area contributed by atoms with Crippen LogP contribution in [0.2, 0.25) is 0 Å². The lowest BCUT2D eigenvalue weighted by atomic mass is 10.0. The maximum atomic E-state index is 9.12. The van der Waals surface area contributed by atoms with Gasteiger partial charge in [-0.2, -0.15) is 5.10 Å². The second-order valence-corrected chi connectivity index (χ2v) is 9.75. The maximum Gasteiger partial charge on any atom is 0.177 e. The maximum absolute atomic E-state index is 9.12. The van der Waals surface area contributed by atoms with E-state index in [2.05, 4.69) is 37.4 Å². The van der Waals surface area contributed by atoms with E-state index in [-0.39, 0.29) is 6.61 Å². The van der Waals surface area contributed by atoms with E-state index in [4.69, 9.17) is 15.3 Å².